The highest BCUT2D eigenvalue weighted by Gasteiger charge is 2.36. The van der Waals surface area contributed by atoms with Gasteiger partial charge in [-0.25, -0.2) is 9.37 Å². The van der Waals surface area contributed by atoms with Crippen molar-refractivity contribution in [3.05, 3.63) is 42.1 Å². The number of rotatable bonds is 3. The number of benzene rings is 1. The number of morpholine rings is 1. The van der Waals surface area contributed by atoms with E-state index >= 15 is 0 Å². The third-order valence-corrected chi connectivity index (χ3v) is 8.11. The third-order valence-electron chi connectivity index (χ3n) is 8.11. The van der Waals surface area contributed by atoms with Crippen molar-refractivity contribution in [1.29, 1.82) is 0 Å². The molecule has 6 rings (SSSR count). The van der Waals surface area contributed by atoms with Crippen molar-refractivity contribution in [2.45, 2.75) is 50.9 Å². The summed E-state index contributed by atoms with van der Waals surface area (Å²) in [5, 5.41) is 3.48. The van der Waals surface area contributed by atoms with Gasteiger partial charge in [-0.2, -0.15) is 0 Å². The van der Waals surface area contributed by atoms with E-state index in [4.69, 9.17) is 4.74 Å². The van der Waals surface area contributed by atoms with Gasteiger partial charge in [-0.05, 0) is 56.4 Å². The maximum absolute atomic E-state index is 14.0. The van der Waals surface area contributed by atoms with Crippen LogP contribution in [0.4, 0.5) is 27.3 Å². The van der Waals surface area contributed by atoms with Crippen LogP contribution in [0.1, 0.15) is 37.7 Å². The molecule has 3 aliphatic heterocycles. The highest BCUT2D eigenvalue weighted by Crippen LogP contribution is 2.40. The summed E-state index contributed by atoms with van der Waals surface area (Å²) in [6.07, 6.45) is 5.40. The van der Waals surface area contributed by atoms with Crippen LogP contribution in [0.15, 0.2) is 36.5 Å². The molecule has 4 aliphatic rings. The summed E-state index contributed by atoms with van der Waals surface area (Å²) < 4.78 is 19.3. The first-order chi connectivity index (χ1) is 17.2. The zero-order valence-corrected chi connectivity index (χ0v) is 20.2. The minimum atomic E-state index is -0.690. The second-order valence-corrected chi connectivity index (χ2v) is 10.2. The van der Waals surface area contributed by atoms with Crippen LogP contribution in [0.2, 0.25) is 0 Å². The molecule has 35 heavy (non-hydrogen) atoms. The summed E-state index contributed by atoms with van der Waals surface area (Å²) in [4.78, 5) is 25.2. The van der Waals surface area contributed by atoms with Crippen molar-refractivity contribution < 1.29 is 13.9 Å². The lowest BCUT2D eigenvalue weighted by Crippen LogP contribution is -2.42. The molecule has 1 aliphatic carbocycles. The molecule has 0 spiro atoms. The van der Waals surface area contributed by atoms with E-state index in [9.17, 15) is 9.18 Å². The average Bonchev–Trinajstić information content (AvgIpc) is 3.27. The molecule has 0 bridgehead atoms. The number of aromatic nitrogens is 1. The molecule has 2 saturated heterocycles. The SMILES string of the molecule is O=C(C1CCC(N2CC[C@@H](F)C2)CC1)N1Cc2cccnc2Nc2ccc(N3CCOCC3)cc21. The number of likely N-dealkylation sites (tertiary alicyclic amines) is 1. The number of alkyl halides is 1. The molecule has 7 nitrogen and oxygen atoms in total. The Labute approximate surface area is 206 Å². The van der Waals surface area contributed by atoms with Crippen molar-refractivity contribution in [2.75, 3.05) is 54.5 Å². The average molecular weight is 480 g/mol. The van der Waals surface area contributed by atoms with Crippen LogP contribution >= 0.6 is 0 Å². The second-order valence-electron chi connectivity index (χ2n) is 10.2. The number of ether oxygens (including phenoxy) is 1. The number of fused-ring (bicyclic) bond motifs is 2. The van der Waals surface area contributed by atoms with E-state index in [-0.39, 0.29) is 11.8 Å². The lowest BCUT2D eigenvalue weighted by Gasteiger charge is -2.36. The van der Waals surface area contributed by atoms with Crippen LogP contribution in [-0.2, 0) is 16.1 Å². The molecule has 1 amide bonds. The summed E-state index contributed by atoms with van der Waals surface area (Å²) in [6.45, 7) is 5.05. The smallest absolute Gasteiger partial charge is 0.230 e. The Bertz CT molecular complexity index is 1070. The zero-order chi connectivity index (χ0) is 23.8. The largest absolute Gasteiger partial charge is 0.378 e. The fraction of sp³-hybridized carbons (Fsp3) is 0.556. The maximum atomic E-state index is 14.0. The molecule has 1 aromatic heterocycles. The minimum absolute atomic E-state index is 0.00635. The molecule has 186 valence electrons. The minimum Gasteiger partial charge on any atom is -0.378 e. The Balaban J connectivity index is 1.26. The fourth-order valence-corrected chi connectivity index (χ4v) is 6.11. The van der Waals surface area contributed by atoms with Gasteiger partial charge >= 0.3 is 0 Å². The van der Waals surface area contributed by atoms with E-state index in [2.05, 4.69) is 38.3 Å². The summed E-state index contributed by atoms with van der Waals surface area (Å²) in [7, 11) is 0. The number of hydrogen-bond donors (Lipinski definition) is 1. The van der Waals surface area contributed by atoms with Gasteiger partial charge in [0.2, 0.25) is 5.91 Å². The topological polar surface area (TPSA) is 60.9 Å². The van der Waals surface area contributed by atoms with Gasteiger partial charge in [0, 0.05) is 55.6 Å². The molecule has 1 aromatic carbocycles. The number of anilines is 4. The Morgan fingerprint density at radius 1 is 1.06 bits per heavy atom. The van der Waals surface area contributed by atoms with E-state index < -0.39 is 6.17 Å². The maximum Gasteiger partial charge on any atom is 0.230 e. The molecule has 0 radical (unpaired) electrons. The van der Waals surface area contributed by atoms with Crippen molar-refractivity contribution >= 4 is 28.8 Å². The van der Waals surface area contributed by atoms with Gasteiger partial charge in [-0.1, -0.05) is 6.07 Å². The quantitative estimate of drug-likeness (QED) is 0.715. The van der Waals surface area contributed by atoms with Gasteiger partial charge < -0.3 is 19.9 Å². The van der Waals surface area contributed by atoms with Crippen molar-refractivity contribution in [3.63, 3.8) is 0 Å². The number of nitrogens with one attached hydrogen (secondary N) is 1. The number of carbonyl (C=O) groups excluding carboxylic acids is 1. The van der Waals surface area contributed by atoms with E-state index in [1.807, 2.05) is 17.0 Å². The van der Waals surface area contributed by atoms with Crippen LogP contribution in [0.25, 0.3) is 0 Å². The summed E-state index contributed by atoms with van der Waals surface area (Å²) >= 11 is 0. The van der Waals surface area contributed by atoms with Crippen molar-refractivity contribution in [1.82, 2.24) is 9.88 Å². The summed E-state index contributed by atoms with van der Waals surface area (Å²) in [5.41, 5.74) is 3.96. The van der Waals surface area contributed by atoms with E-state index in [0.717, 1.165) is 87.0 Å². The first-order valence-electron chi connectivity index (χ1n) is 13.0. The van der Waals surface area contributed by atoms with E-state index in [0.29, 0.717) is 25.6 Å². The molecular weight excluding hydrogens is 445 g/mol. The van der Waals surface area contributed by atoms with E-state index in [1.165, 1.54) is 0 Å². The van der Waals surface area contributed by atoms with Crippen LogP contribution in [-0.4, -0.2) is 67.4 Å². The predicted molar refractivity (Wildman–Crippen MR) is 135 cm³/mol. The first kappa shape index (κ1) is 22.7. The van der Waals surface area contributed by atoms with Gasteiger partial charge in [0.05, 0.1) is 31.1 Å². The highest BCUT2D eigenvalue weighted by molar-refractivity contribution is 6.00. The molecule has 8 heteroatoms. The van der Waals surface area contributed by atoms with Crippen molar-refractivity contribution in [3.8, 4) is 0 Å². The second kappa shape index (κ2) is 9.74. The highest BCUT2D eigenvalue weighted by atomic mass is 19.1. The van der Waals surface area contributed by atoms with Crippen LogP contribution in [0.5, 0.6) is 0 Å². The first-order valence-corrected chi connectivity index (χ1v) is 13.0. The molecule has 0 unspecified atom stereocenters. The van der Waals surface area contributed by atoms with Gasteiger partial charge in [0.25, 0.3) is 0 Å². The Morgan fingerprint density at radius 2 is 1.89 bits per heavy atom. The van der Waals surface area contributed by atoms with Crippen LogP contribution < -0.4 is 15.1 Å². The molecule has 4 heterocycles. The van der Waals surface area contributed by atoms with Gasteiger partial charge in [-0.3, -0.25) is 9.69 Å². The van der Waals surface area contributed by atoms with Gasteiger partial charge in [-0.15, -0.1) is 0 Å². The monoisotopic (exact) mass is 479 g/mol. The summed E-state index contributed by atoms with van der Waals surface area (Å²) in [5.74, 6) is 0.988. The lowest BCUT2D eigenvalue weighted by molar-refractivity contribution is -0.123. The molecule has 3 fully saturated rings. The fourth-order valence-electron chi connectivity index (χ4n) is 6.11. The number of nitrogens with zero attached hydrogens (tertiary/aromatic N) is 4. The molecule has 2 aromatic rings. The van der Waals surface area contributed by atoms with Crippen LogP contribution in [0.3, 0.4) is 0 Å². The molecule has 1 N–H and O–H groups in total. The molecule has 1 saturated carbocycles. The Kier molecular flexibility index (Phi) is 6.33. The third kappa shape index (κ3) is 4.61. The number of pyridine rings is 1. The predicted octanol–water partition coefficient (Wildman–Crippen LogP) is 4.11. The standard InChI is InChI=1S/C27H34FN5O2/c28-21-9-11-32(18-21)22-5-3-19(4-6-22)27(34)33-17-20-2-1-10-29-26(20)30-24-8-7-23(16-25(24)33)31-12-14-35-15-13-31/h1-2,7-8,10,16,19,21-22H,3-6,9,11-15,17-18H2,(H,29,30)/t19?,21-,22?/m1/s1. The summed E-state index contributed by atoms with van der Waals surface area (Å²) in [6, 6.07) is 10.7. The zero-order valence-electron chi connectivity index (χ0n) is 20.2. The van der Waals surface area contributed by atoms with Crippen LogP contribution in [0, 0.1) is 5.92 Å². The van der Waals surface area contributed by atoms with Gasteiger partial charge in [0.15, 0.2) is 0 Å². The number of hydrogen-bond acceptors (Lipinski definition) is 6. The Hall–Kier alpha value is -2.71. The lowest BCUT2D eigenvalue weighted by atomic mass is 9.84. The van der Waals surface area contributed by atoms with Crippen molar-refractivity contribution in [2.24, 2.45) is 5.92 Å². The Morgan fingerprint density at radius 3 is 2.66 bits per heavy atom. The number of halogens is 1. The molecular formula is C27H34FN5O2. The number of amides is 1. The molecule has 1 atom stereocenters. The van der Waals surface area contributed by atoms with E-state index in [1.54, 1.807) is 6.20 Å². The number of carbonyl (C=O) groups is 1. The van der Waals surface area contributed by atoms with Gasteiger partial charge in [0.1, 0.15) is 12.0 Å². The normalized spacial score (nSPS) is 27.1.